The summed E-state index contributed by atoms with van der Waals surface area (Å²) in [5.74, 6) is 0.226. The van der Waals surface area contributed by atoms with Gasteiger partial charge in [-0.15, -0.1) is 0 Å². The van der Waals surface area contributed by atoms with Crippen molar-refractivity contribution in [3.05, 3.63) is 111 Å². The van der Waals surface area contributed by atoms with Crippen LogP contribution in [0.5, 0.6) is 0 Å². The number of halogens is 2. The number of hydrogen-bond donors (Lipinski definition) is 0. The van der Waals surface area contributed by atoms with Gasteiger partial charge in [0.2, 0.25) is 0 Å². The van der Waals surface area contributed by atoms with Gasteiger partial charge in [0, 0.05) is 48.7 Å². The van der Waals surface area contributed by atoms with E-state index < -0.39 is 0 Å². The summed E-state index contributed by atoms with van der Waals surface area (Å²) in [6.07, 6.45) is 5.24. The molecule has 0 bridgehead atoms. The molecule has 0 radical (unpaired) electrons. The van der Waals surface area contributed by atoms with Gasteiger partial charge in [-0.2, -0.15) is 5.10 Å². The molecule has 2 aliphatic heterocycles. The molecule has 1 aliphatic carbocycles. The Hall–Kier alpha value is -2.96. The Morgan fingerprint density at radius 3 is 2.20 bits per heavy atom. The fourth-order valence-corrected chi connectivity index (χ4v) is 6.42. The van der Waals surface area contributed by atoms with Crippen LogP contribution in [-0.2, 0) is 11.3 Å². The fourth-order valence-electron chi connectivity index (χ4n) is 6.17. The van der Waals surface area contributed by atoms with Crippen LogP contribution in [0.25, 0.3) is 6.08 Å². The quantitative estimate of drug-likeness (QED) is 0.321. The van der Waals surface area contributed by atoms with Crippen LogP contribution < -0.4 is 0 Å². The third-order valence-corrected chi connectivity index (χ3v) is 8.76. The number of carbonyl (C=O) groups excluding carboxylic acids is 1. The summed E-state index contributed by atoms with van der Waals surface area (Å²) in [6, 6.07) is 26.3. The number of piperazine rings is 1. The van der Waals surface area contributed by atoms with Crippen LogP contribution in [0.1, 0.15) is 42.0 Å². The Morgan fingerprint density at radius 2 is 1.50 bits per heavy atom. The van der Waals surface area contributed by atoms with Gasteiger partial charge in [0.15, 0.2) is 0 Å². The predicted molar refractivity (Wildman–Crippen MR) is 163 cm³/mol. The van der Waals surface area contributed by atoms with E-state index in [4.69, 9.17) is 28.3 Å². The molecule has 1 amide bonds. The number of hydrogen-bond acceptors (Lipinski definition) is 4. The summed E-state index contributed by atoms with van der Waals surface area (Å²) in [5.41, 5.74) is 5.77. The summed E-state index contributed by atoms with van der Waals surface area (Å²) in [4.78, 5) is 18.6. The van der Waals surface area contributed by atoms with Gasteiger partial charge in [0.1, 0.15) is 0 Å². The molecule has 0 spiro atoms. The maximum Gasteiger partial charge on any atom is 0.257 e. The molecule has 3 aromatic rings. The zero-order valence-electron chi connectivity index (χ0n) is 22.6. The lowest BCUT2D eigenvalue weighted by atomic mass is 9.77. The molecular weight excluding hydrogens is 539 g/mol. The molecule has 3 aromatic carbocycles. The highest BCUT2D eigenvalue weighted by molar-refractivity contribution is 6.30. The van der Waals surface area contributed by atoms with Gasteiger partial charge in [-0.3, -0.25) is 14.6 Å². The smallest absolute Gasteiger partial charge is 0.257 e. The van der Waals surface area contributed by atoms with Crippen molar-refractivity contribution >= 4 is 40.9 Å². The molecule has 2 unspecified atom stereocenters. The van der Waals surface area contributed by atoms with Crippen molar-refractivity contribution in [2.24, 2.45) is 11.0 Å². The first-order valence-corrected chi connectivity index (χ1v) is 14.9. The highest BCUT2D eigenvalue weighted by atomic mass is 35.5. The molecule has 5 nitrogen and oxygen atoms in total. The van der Waals surface area contributed by atoms with Crippen LogP contribution in [0, 0.1) is 5.92 Å². The topological polar surface area (TPSA) is 39.2 Å². The second-order valence-electron chi connectivity index (χ2n) is 11.0. The molecule has 40 heavy (non-hydrogen) atoms. The summed E-state index contributed by atoms with van der Waals surface area (Å²) >= 11 is 12.3. The molecule has 1 saturated heterocycles. The lowest BCUT2D eigenvalue weighted by molar-refractivity contribution is -0.135. The third-order valence-electron chi connectivity index (χ3n) is 8.25. The number of fused-ring (bicyclic) bond motifs is 1. The number of hydrazone groups is 1. The van der Waals surface area contributed by atoms with Crippen molar-refractivity contribution in [3.8, 4) is 0 Å². The van der Waals surface area contributed by atoms with E-state index >= 15 is 0 Å². The first-order valence-electron chi connectivity index (χ1n) is 14.1. The first-order chi connectivity index (χ1) is 19.5. The number of amides is 1. The van der Waals surface area contributed by atoms with Gasteiger partial charge < -0.3 is 0 Å². The van der Waals surface area contributed by atoms with Crippen molar-refractivity contribution in [1.29, 1.82) is 0 Å². The van der Waals surface area contributed by atoms with E-state index in [0.29, 0.717) is 11.6 Å². The highest BCUT2D eigenvalue weighted by Crippen LogP contribution is 2.44. The highest BCUT2D eigenvalue weighted by Gasteiger charge is 2.44. The first kappa shape index (κ1) is 27.2. The largest absolute Gasteiger partial charge is 0.297 e. The van der Waals surface area contributed by atoms with Crippen LogP contribution in [0.15, 0.2) is 89.5 Å². The van der Waals surface area contributed by atoms with Crippen LogP contribution in [0.2, 0.25) is 10.0 Å². The summed E-state index contributed by atoms with van der Waals surface area (Å²) < 4.78 is 0. The van der Waals surface area contributed by atoms with Gasteiger partial charge in [-0.25, -0.2) is 5.01 Å². The van der Waals surface area contributed by atoms with Gasteiger partial charge in [-0.1, -0.05) is 77.8 Å². The standard InChI is InChI=1S/C33H34Cl2N4O/c34-28-13-9-24(10-14-28)21-27-7-4-8-30-32(27)36-39(33(30)26-11-15-29(35)16-12-26)31(40)23-38-19-17-37(18-20-38)22-25-5-2-1-3-6-25/h1-3,5-6,9-16,21,30,33H,4,7-8,17-20,22-23H2. The maximum absolute atomic E-state index is 13.9. The Bertz CT molecular complexity index is 1380. The lowest BCUT2D eigenvalue weighted by Gasteiger charge is -2.35. The minimum atomic E-state index is -0.118. The third kappa shape index (κ3) is 6.18. The molecule has 6 rings (SSSR count). The van der Waals surface area contributed by atoms with Crippen molar-refractivity contribution in [2.45, 2.75) is 31.8 Å². The second-order valence-corrected chi connectivity index (χ2v) is 11.9. The van der Waals surface area contributed by atoms with Crippen LogP contribution in [-0.4, -0.2) is 59.2 Å². The lowest BCUT2D eigenvalue weighted by Crippen LogP contribution is -2.49. The number of carbonyl (C=O) groups is 1. The van der Waals surface area contributed by atoms with E-state index in [2.05, 4.69) is 46.2 Å². The van der Waals surface area contributed by atoms with Crippen molar-refractivity contribution in [2.75, 3.05) is 32.7 Å². The van der Waals surface area contributed by atoms with Crippen LogP contribution in [0.4, 0.5) is 0 Å². The Labute approximate surface area is 246 Å². The molecule has 0 N–H and O–H groups in total. The molecule has 7 heteroatoms. The Morgan fingerprint density at radius 1 is 0.850 bits per heavy atom. The molecule has 3 aliphatic rings. The summed E-state index contributed by atoms with van der Waals surface area (Å²) in [5, 5.41) is 8.26. The second kappa shape index (κ2) is 12.3. The average Bonchev–Trinajstić information content (AvgIpc) is 3.37. The number of allylic oxidation sites excluding steroid dienone is 1. The number of nitrogens with zero attached hydrogens (tertiary/aromatic N) is 4. The average molecular weight is 574 g/mol. The van der Waals surface area contributed by atoms with Crippen molar-refractivity contribution in [3.63, 3.8) is 0 Å². The molecule has 1 saturated carbocycles. The van der Waals surface area contributed by atoms with E-state index in [0.717, 1.165) is 73.8 Å². The van der Waals surface area contributed by atoms with E-state index in [1.165, 1.54) is 11.1 Å². The Kier molecular flexibility index (Phi) is 8.35. The van der Waals surface area contributed by atoms with Gasteiger partial charge in [0.05, 0.1) is 18.3 Å². The van der Waals surface area contributed by atoms with Crippen molar-refractivity contribution in [1.82, 2.24) is 14.8 Å². The minimum absolute atomic E-state index is 0.0594. The molecular formula is C33H34Cl2N4O. The number of rotatable bonds is 6. The molecule has 0 aromatic heterocycles. The maximum atomic E-state index is 13.9. The minimum Gasteiger partial charge on any atom is -0.297 e. The van der Waals surface area contributed by atoms with E-state index in [1.807, 2.05) is 48.5 Å². The van der Waals surface area contributed by atoms with E-state index in [9.17, 15) is 4.79 Å². The molecule has 2 fully saturated rings. The van der Waals surface area contributed by atoms with E-state index in [1.54, 1.807) is 5.01 Å². The summed E-state index contributed by atoms with van der Waals surface area (Å²) in [7, 11) is 0. The number of benzene rings is 3. The predicted octanol–water partition coefficient (Wildman–Crippen LogP) is 6.93. The van der Waals surface area contributed by atoms with E-state index in [-0.39, 0.29) is 17.9 Å². The van der Waals surface area contributed by atoms with Gasteiger partial charge in [0.25, 0.3) is 5.91 Å². The van der Waals surface area contributed by atoms with Crippen LogP contribution >= 0.6 is 23.2 Å². The monoisotopic (exact) mass is 572 g/mol. The fraction of sp³-hybridized carbons (Fsp3) is 0.333. The zero-order chi connectivity index (χ0) is 27.5. The summed E-state index contributed by atoms with van der Waals surface area (Å²) in [6.45, 7) is 4.98. The normalized spacial score (nSPS) is 22.8. The Balaban J connectivity index is 1.20. The van der Waals surface area contributed by atoms with Crippen LogP contribution in [0.3, 0.4) is 0 Å². The molecule has 206 valence electrons. The van der Waals surface area contributed by atoms with Crippen molar-refractivity contribution < 1.29 is 4.79 Å². The zero-order valence-corrected chi connectivity index (χ0v) is 24.1. The van der Waals surface area contributed by atoms with Gasteiger partial charge >= 0.3 is 0 Å². The SMILES string of the molecule is O=C(CN1CCN(Cc2ccccc2)CC1)N1N=C2C(=Cc3ccc(Cl)cc3)CCCC2C1c1ccc(Cl)cc1. The molecule has 2 atom stereocenters. The molecule has 2 heterocycles. The van der Waals surface area contributed by atoms with Gasteiger partial charge in [-0.05, 0) is 71.9 Å².